The highest BCUT2D eigenvalue weighted by molar-refractivity contribution is 5.63. The van der Waals surface area contributed by atoms with E-state index in [4.69, 9.17) is 9.47 Å². The van der Waals surface area contributed by atoms with Crippen molar-refractivity contribution in [3.63, 3.8) is 0 Å². The summed E-state index contributed by atoms with van der Waals surface area (Å²) in [5.74, 6) is -3.28. The van der Waals surface area contributed by atoms with Gasteiger partial charge < -0.3 is 55.4 Å². The molecule has 6 rings (SSSR count). The average Bonchev–Trinajstić information content (AvgIpc) is 2.92. The number of phenolic OH excluding ortho intramolecular Hbond substituents is 7. The van der Waals surface area contributed by atoms with E-state index in [-0.39, 0.29) is 63.4 Å². The number of hydrogen-bond donors (Lipinski definition) is 9. The molecule has 2 heterocycles. The van der Waals surface area contributed by atoms with Gasteiger partial charge in [-0.25, -0.2) is 0 Å². The van der Waals surface area contributed by atoms with Crippen LogP contribution in [0.5, 0.6) is 51.7 Å². The summed E-state index contributed by atoms with van der Waals surface area (Å²) in [6, 6.07) is 13.2. The van der Waals surface area contributed by atoms with Gasteiger partial charge in [-0.1, -0.05) is 12.1 Å². The van der Waals surface area contributed by atoms with Gasteiger partial charge in [-0.2, -0.15) is 0 Å². The summed E-state index contributed by atoms with van der Waals surface area (Å²) in [4.78, 5) is 0. The molecule has 5 atom stereocenters. The van der Waals surface area contributed by atoms with Crippen LogP contribution in [0.1, 0.15) is 45.9 Å². The number of phenols is 7. The molecular weight excluding hydrogens is 536 g/mol. The van der Waals surface area contributed by atoms with Crippen LogP contribution in [0.25, 0.3) is 0 Å². The average molecular weight is 563 g/mol. The molecular formula is C30H26O11. The van der Waals surface area contributed by atoms with Gasteiger partial charge in [-0.15, -0.1) is 0 Å². The summed E-state index contributed by atoms with van der Waals surface area (Å²) in [6.45, 7) is 0. The van der Waals surface area contributed by atoms with Crippen LogP contribution in [-0.4, -0.2) is 58.2 Å². The largest absolute Gasteiger partial charge is 0.508 e. The Morgan fingerprint density at radius 3 is 1.88 bits per heavy atom. The first-order valence-corrected chi connectivity index (χ1v) is 12.7. The molecule has 9 N–H and O–H groups in total. The van der Waals surface area contributed by atoms with Gasteiger partial charge in [0.05, 0.1) is 6.10 Å². The van der Waals surface area contributed by atoms with Crippen LogP contribution < -0.4 is 9.47 Å². The standard InChI is InChI=1S/C30H26O11/c31-14-3-4-15(19(34)9-14)30-28(39)25(12-1-5-17(32)20(35)7-12)26-24(41-30)11-23-16(27(26)38)10-22(37)29(40-23)13-2-6-18(33)21(36)8-13/h1-9,11,22,25,28-39H,10H2/t22-,25-,28+,29+,30+/m0/s1. The Labute approximate surface area is 232 Å². The van der Waals surface area contributed by atoms with E-state index in [1.54, 1.807) is 0 Å². The van der Waals surface area contributed by atoms with Crippen molar-refractivity contribution >= 4 is 0 Å². The fourth-order valence-electron chi connectivity index (χ4n) is 5.59. The molecule has 2 aliphatic heterocycles. The fourth-order valence-corrected chi connectivity index (χ4v) is 5.59. The van der Waals surface area contributed by atoms with Crippen LogP contribution in [0.4, 0.5) is 0 Å². The minimum absolute atomic E-state index is 0.0743. The molecule has 11 nitrogen and oxygen atoms in total. The van der Waals surface area contributed by atoms with Crippen molar-refractivity contribution in [1.82, 2.24) is 0 Å². The van der Waals surface area contributed by atoms with E-state index < -0.39 is 41.8 Å². The Balaban J connectivity index is 1.50. The normalized spacial score (nSPS) is 23.1. The fraction of sp³-hybridized carbons (Fsp3) is 0.200. The monoisotopic (exact) mass is 562 g/mol. The van der Waals surface area contributed by atoms with Crippen LogP contribution in [0.3, 0.4) is 0 Å². The second kappa shape index (κ2) is 9.58. The van der Waals surface area contributed by atoms with Gasteiger partial charge in [0.25, 0.3) is 0 Å². The lowest BCUT2D eigenvalue weighted by molar-refractivity contribution is 0.00254. The highest BCUT2D eigenvalue weighted by Gasteiger charge is 2.44. The summed E-state index contributed by atoms with van der Waals surface area (Å²) >= 11 is 0. The third kappa shape index (κ3) is 4.31. The van der Waals surface area contributed by atoms with E-state index in [2.05, 4.69) is 0 Å². The lowest BCUT2D eigenvalue weighted by Crippen LogP contribution is -2.36. The van der Waals surface area contributed by atoms with Crippen LogP contribution in [0.2, 0.25) is 0 Å². The van der Waals surface area contributed by atoms with Crippen LogP contribution in [-0.2, 0) is 6.42 Å². The molecule has 0 bridgehead atoms. The van der Waals surface area contributed by atoms with Crippen LogP contribution >= 0.6 is 0 Å². The van der Waals surface area contributed by atoms with Gasteiger partial charge in [-0.3, -0.25) is 0 Å². The van der Waals surface area contributed by atoms with E-state index in [9.17, 15) is 46.0 Å². The van der Waals surface area contributed by atoms with Crippen molar-refractivity contribution < 1.29 is 55.4 Å². The lowest BCUT2D eigenvalue weighted by atomic mass is 9.78. The number of aliphatic hydroxyl groups excluding tert-OH is 2. The minimum Gasteiger partial charge on any atom is -0.508 e. The van der Waals surface area contributed by atoms with Crippen LogP contribution in [0.15, 0.2) is 60.7 Å². The van der Waals surface area contributed by atoms with Gasteiger partial charge >= 0.3 is 0 Å². The molecule has 0 amide bonds. The quantitative estimate of drug-likeness (QED) is 0.166. The Kier molecular flexibility index (Phi) is 6.13. The zero-order chi connectivity index (χ0) is 29.2. The maximum atomic E-state index is 11.6. The Hall–Kier alpha value is -5.00. The molecule has 0 unspecified atom stereocenters. The first-order chi connectivity index (χ1) is 19.5. The molecule has 4 aromatic rings. The second-order valence-electron chi connectivity index (χ2n) is 10.2. The molecule has 0 radical (unpaired) electrons. The van der Waals surface area contributed by atoms with E-state index in [0.717, 1.165) is 6.07 Å². The topological polar surface area (TPSA) is 201 Å². The van der Waals surface area contributed by atoms with Gasteiger partial charge in [0.1, 0.15) is 41.0 Å². The third-order valence-electron chi connectivity index (χ3n) is 7.61. The molecule has 4 aromatic carbocycles. The molecule has 0 spiro atoms. The summed E-state index contributed by atoms with van der Waals surface area (Å²) in [6.07, 6.45) is -4.86. The van der Waals surface area contributed by atoms with E-state index in [1.165, 1.54) is 54.6 Å². The Bertz CT molecular complexity index is 1670. The number of ether oxygens (including phenoxy) is 2. The number of fused-ring (bicyclic) bond motifs is 2. The van der Waals surface area contributed by atoms with Crippen molar-refractivity contribution in [2.24, 2.45) is 0 Å². The molecule has 41 heavy (non-hydrogen) atoms. The summed E-state index contributed by atoms with van der Waals surface area (Å²) in [5.41, 5.74) is 1.18. The number of aliphatic hydroxyl groups is 2. The lowest BCUT2D eigenvalue weighted by Gasteiger charge is -2.40. The third-order valence-corrected chi connectivity index (χ3v) is 7.61. The maximum absolute atomic E-state index is 11.6. The molecule has 0 saturated heterocycles. The molecule has 11 heteroatoms. The van der Waals surface area contributed by atoms with Crippen molar-refractivity contribution in [2.45, 2.75) is 36.8 Å². The Morgan fingerprint density at radius 2 is 1.22 bits per heavy atom. The number of benzene rings is 4. The molecule has 0 aliphatic carbocycles. The number of aromatic hydroxyl groups is 7. The van der Waals surface area contributed by atoms with Crippen molar-refractivity contribution in [1.29, 1.82) is 0 Å². The van der Waals surface area contributed by atoms with Gasteiger partial charge in [-0.05, 0) is 47.5 Å². The minimum atomic E-state index is -1.44. The van der Waals surface area contributed by atoms with E-state index in [0.29, 0.717) is 11.1 Å². The maximum Gasteiger partial charge on any atom is 0.157 e. The van der Waals surface area contributed by atoms with Crippen molar-refractivity contribution in [3.05, 3.63) is 88.5 Å². The first kappa shape index (κ1) is 26.2. The van der Waals surface area contributed by atoms with Crippen molar-refractivity contribution in [2.75, 3.05) is 0 Å². The molecule has 0 fully saturated rings. The van der Waals surface area contributed by atoms with E-state index >= 15 is 0 Å². The summed E-state index contributed by atoms with van der Waals surface area (Å²) < 4.78 is 12.2. The van der Waals surface area contributed by atoms with Gasteiger partial charge in [0.2, 0.25) is 0 Å². The highest BCUT2D eigenvalue weighted by Crippen LogP contribution is 2.55. The second-order valence-corrected chi connectivity index (χ2v) is 10.2. The Morgan fingerprint density at radius 1 is 0.585 bits per heavy atom. The molecule has 0 aromatic heterocycles. The molecule has 212 valence electrons. The van der Waals surface area contributed by atoms with Gasteiger partial charge in [0, 0.05) is 41.2 Å². The highest BCUT2D eigenvalue weighted by atomic mass is 16.5. The zero-order valence-electron chi connectivity index (χ0n) is 21.2. The van der Waals surface area contributed by atoms with Crippen LogP contribution in [0, 0.1) is 0 Å². The van der Waals surface area contributed by atoms with Crippen molar-refractivity contribution in [3.8, 4) is 51.7 Å². The summed E-state index contributed by atoms with van der Waals surface area (Å²) in [7, 11) is 0. The predicted molar refractivity (Wildman–Crippen MR) is 142 cm³/mol. The number of hydrogen-bond acceptors (Lipinski definition) is 11. The van der Waals surface area contributed by atoms with Gasteiger partial charge in [0.15, 0.2) is 29.1 Å². The smallest absolute Gasteiger partial charge is 0.157 e. The molecule has 0 saturated carbocycles. The predicted octanol–water partition coefficient (Wildman–Crippen LogP) is 3.29. The number of rotatable bonds is 3. The van der Waals surface area contributed by atoms with E-state index in [1.807, 2.05) is 0 Å². The zero-order valence-corrected chi connectivity index (χ0v) is 21.2. The SMILES string of the molecule is Oc1ccc([C@H]2Oc3cc4c(c(O)c3[C@H](c3ccc(O)c(O)c3)[C@H]2O)C[C@H](O)[C@@H](c2ccc(O)c(O)c2)O4)c(O)c1. The molecule has 2 aliphatic rings. The summed E-state index contributed by atoms with van der Waals surface area (Å²) in [5, 5.41) is 94.1. The first-order valence-electron chi connectivity index (χ1n) is 12.7.